The first-order valence-corrected chi connectivity index (χ1v) is 5.99. The van der Waals surface area contributed by atoms with Crippen LogP contribution in [-0.2, 0) is 0 Å². The maximum atomic E-state index is 11.8. The fourth-order valence-electron chi connectivity index (χ4n) is 1.78. The van der Waals surface area contributed by atoms with Gasteiger partial charge < -0.3 is 10.6 Å². The zero-order valence-electron chi connectivity index (χ0n) is 10.3. The third-order valence-corrected chi connectivity index (χ3v) is 3.48. The summed E-state index contributed by atoms with van der Waals surface area (Å²) in [7, 11) is 1.77. The van der Waals surface area contributed by atoms with E-state index < -0.39 is 0 Å². The highest BCUT2D eigenvalue weighted by Crippen LogP contribution is 2.47. The van der Waals surface area contributed by atoms with Gasteiger partial charge in [0.2, 0.25) is 0 Å². The van der Waals surface area contributed by atoms with Gasteiger partial charge in [0, 0.05) is 13.6 Å². The van der Waals surface area contributed by atoms with Crippen LogP contribution in [0.4, 0.5) is 5.82 Å². The molecule has 0 saturated heterocycles. The van der Waals surface area contributed by atoms with Gasteiger partial charge in [0.25, 0.3) is 5.91 Å². The molecule has 2 N–H and O–H groups in total. The first-order chi connectivity index (χ1) is 8.19. The zero-order chi connectivity index (χ0) is 12.3. The van der Waals surface area contributed by atoms with Gasteiger partial charge >= 0.3 is 0 Å². The molecule has 0 unspecified atom stereocenters. The highest BCUT2D eigenvalue weighted by Gasteiger charge is 2.40. The van der Waals surface area contributed by atoms with E-state index >= 15 is 0 Å². The second-order valence-corrected chi connectivity index (χ2v) is 4.59. The van der Waals surface area contributed by atoms with Crippen LogP contribution in [0.15, 0.2) is 12.1 Å². The Balaban J connectivity index is 1.90. The van der Waals surface area contributed by atoms with Crippen molar-refractivity contribution in [3.05, 3.63) is 17.8 Å². The lowest BCUT2D eigenvalue weighted by atomic mass is 10.0. The van der Waals surface area contributed by atoms with Crippen molar-refractivity contribution in [3.63, 3.8) is 0 Å². The van der Waals surface area contributed by atoms with Gasteiger partial charge in [-0.3, -0.25) is 4.79 Å². The normalized spacial score (nSPS) is 16.4. The number of aromatic nitrogens is 2. The van der Waals surface area contributed by atoms with E-state index in [1.54, 1.807) is 19.2 Å². The summed E-state index contributed by atoms with van der Waals surface area (Å²) in [6.07, 6.45) is 3.56. The third kappa shape index (κ3) is 2.72. The highest BCUT2D eigenvalue weighted by atomic mass is 16.1. The second kappa shape index (κ2) is 4.69. The van der Waals surface area contributed by atoms with Crippen LogP contribution in [0.2, 0.25) is 0 Å². The lowest BCUT2D eigenvalue weighted by Gasteiger charge is -2.12. The van der Waals surface area contributed by atoms with Crippen LogP contribution >= 0.6 is 0 Å². The van der Waals surface area contributed by atoms with Crippen LogP contribution in [0.25, 0.3) is 0 Å². The minimum absolute atomic E-state index is 0.139. The first-order valence-electron chi connectivity index (χ1n) is 5.99. The number of hydrogen-bond acceptors (Lipinski definition) is 4. The summed E-state index contributed by atoms with van der Waals surface area (Å²) in [4.78, 5) is 11.8. The van der Waals surface area contributed by atoms with Crippen molar-refractivity contribution in [1.82, 2.24) is 15.5 Å². The van der Waals surface area contributed by atoms with Gasteiger partial charge in [-0.15, -0.1) is 10.2 Å². The molecule has 1 aliphatic carbocycles. The van der Waals surface area contributed by atoms with E-state index in [0.29, 0.717) is 16.9 Å². The number of nitrogens with one attached hydrogen (secondary N) is 2. The number of hydrogen-bond donors (Lipinski definition) is 2. The Hall–Kier alpha value is -1.65. The maximum absolute atomic E-state index is 11.8. The molecule has 92 valence electrons. The summed E-state index contributed by atoms with van der Waals surface area (Å²) >= 11 is 0. The minimum atomic E-state index is -0.139. The number of anilines is 1. The molecular formula is C12H18N4O. The molecule has 0 aromatic carbocycles. The molecule has 1 amide bonds. The van der Waals surface area contributed by atoms with Crippen molar-refractivity contribution >= 4 is 11.7 Å². The second-order valence-electron chi connectivity index (χ2n) is 4.59. The van der Waals surface area contributed by atoms with E-state index in [4.69, 9.17) is 0 Å². The summed E-state index contributed by atoms with van der Waals surface area (Å²) < 4.78 is 0. The lowest BCUT2D eigenvalue weighted by Crippen LogP contribution is -2.30. The van der Waals surface area contributed by atoms with Crippen molar-refractivity contribution in [1.29, 1.82) is 0 Å². The van der Waals surface area contributed by atoms with E-state index in [1.807, 2.05) is 0 Å². The summed E-state index contributed by atoms with van der Waals surface area (Å²) in [5.74, 6) is 0.522. The summed E-state index contributed by atoms with van der Waals surface area (Å²) in [5.41, 5.74) is 0.726. The molecule has 5 heteroatoms. The van der Waals surface area contributed by atoms with Crippen LogP contribution < -0.4 is 10.6 Å². The predicted octanol–water partition coefficient (Wildman–Crippen LogP) is 1.44. The van der Waals surface area contributed by atoms with Crippen LogP contribution in [0.1, 0.15) is 36.7 Å². The molecule has 2 rings (SSSR count). The van der Waals surface area contributed by atoms with Gasteiger partial charge in [0.05, 0.1) is 0 Å². The van der Waals surface area contributed by atoms with Gasteiger partial charge in [-0.1, -0.05) is 6.92 Å². The SMILES string of the molecule is CCC1(CNC(=O)c2ccc(NC)nn2)CC1. The molecule has 1 heterocycles. The number of amides is 1. The Morgan fingerprint density at radius 1 is 1.41 bits per heavy atom. The third-order valence-electron chi connectivity index (χ3n) is 3.48. The smallest absolute Gasteiger partial charge is 0.271 e. The fraction of sp³-hybridized carbons (Fsp3) is 0.583. The summed E-state index contributed by atoms with van der Waals surface area (Å²) in [6, 6.07) is 3.42. The van der Waals surface area contributed by atoms with Crippen molar-refractivity contribution in [2.75, 3.05) is 18.9 Å². The van der Waals surface area contributed by atoms with E-state index in [1.165, 1.54) is 12.8 Å². The monoisotopic (exact) mass is 234 g/mol. The Morgan fingerprint density at radius 2 is 2.18 bits per heavy atom. The summed E-state index contributed by atoms with van der Waals surface area (Å²) in [6.45, 7) is 2.92. The molecule has 0 atom stereocenters. The molecule has 0 radical (unpaired) electrons. The molecule has 1 aromatic heterocycles. The van der Waals surface area contributed by atoms with Crippen LogP contribution in [-0.4, -0.2) is 29.7 Å². The van der Waals surface area contributed by atoms with Gasteiger partial charge in [-0.25, -0.2) is 0 Å². The molecule has 1 saturated carbocycles. The largest absolute Gasteiger partial charge is 0.372 e. The zero-order valence-corrected chi connectivity index (χ0v) is 10.3. The van der Waals surface area contributed by atoms with Crippen LogP contribution in [0.5, 0.6) is 0 Å². The Bertz CT molecular complexity index is 397. The number of carbonyl (C=O) groups is 1. The van der Waals surface area contributed by atoms with Crippen molar-refractivity contribution < 1.29 is 4.79 Å². The predicted molar refractivity (Wildman–Crippen MR) is 65.9 cm³/mol. The molecule has 0 spiro atoms. The van der Waals surface area contributed by atoms with Crippen molar-refractivity contribution in [2.45, 2.75) is 26.2 Å². The Morgan fingerprint density at radius 3 is 2.65 bits per heavy atom. The standard InChI is InChI=1S/C12H18N4O/c1-3-12(6-7-12)8-14-11(17)9-4-5-10(13-2)16-15-9/h4-5H,3,6-8H2,1-2H3,(H,13,16)(H,14,17). The molecule has 1 aromatic rings. The average Bonchev–Trinajstić information content (AvgIpc) is 3.17. The first kappa shape index (κ1) is 11.8. The highest BCUT2D eigenvalue weighted by molar-refractivity contribution is 5.92. The number of rotatable bonds is 5. The lowest BCUT2D eigenvalue weighted by molar-refractivity contribution is 0.0938. The topological polar surface area (TPSA) is 66.9 Å². The van der Waals surface area contributed by atoms with E-state index in [0.717, 1.165) is 13.0 Å². The van der Waals surface area contributed by atoms with Gasteiger partial charge in [-0.05, 0) is 36.8 Å². The number of nitrogens with zero attached hydrogens (tertiary/aromatic N) is 2. The maximum Gasteiger partial charge on any atom is 0.271 e. The van der Waals surface area contributed by atoms with Gasteiger partial charge in [-0.2, -0.15) is 0 Å². The van der Waals surface area contributed by atoms with Crippen LogP contribution in [0.3, 0.4) is 0 Å². The summed E-state index contributed by atoms with van der Waals surface area (Å²) in [5, 5.41) is 13.5. The molecule has 1 fully saturated rings. The Kier molecular flexibility index (Phi) is 3.26. The van der Waals surface area contributed by atoms with Gasteiger partial charge in [0.1, 0.15) is 5.82 Å². The van der Waals surface area contributed by atoms with E-state index in [-0.39, 0.29) is 5.91 Å². The van der Waals surface area contributed by atoms with E-state index in [2.05, 4.69) is 27.8 Å². The molecule has 1 aliphatic rings. The molecular weight excluding hydrogens is 216 g/mol. The van der Waals surface area contributed by atoms with Crippen molar-refractivity contribution in [2.24, 2.45) is 5.41 Å². The van der Waals surface area contributed by atoms with E-state index in [9.17, 15) is 4.79 Å². The average molecular weight is 234 g/mol. The van der Waals surface area contributed by atoms with Gasteiger partial charge in [0.15, 0.2) is 5.69 Å². The molecule has 0 bridgehead atoms. The fourth-order valence-corrected chi connectivity index (χ4v) is 1.78. The number of carbonyl (C=O) groups excluding carboxylic acids is 1. The van der Waals surface area contributed by atoms with Crippen LogP contribution in [0, 0.1) is 5.41 Å². The Labute approximate surface area is 101 Å². The molecule has 17 heavy (non-hydrogen) atoms. The van der Waals surface area contributed by atoms with Crippen molar-refractivity contribution in [3.8, 4) is 0 Å². The quantitative estimate of drug-likeness (QED) is 0.809. The molecule has 0 aliphatic heterocycles. The molecule has 5 nitrogen and oxygen atoms in total. The minimum Gasteiger partial charge on any atom is -0.372 e.